The summed E-state index contributed by atoms with van der Waals surface area (Å²) in [6, 6.07) is 5.48. The van der Waals surface area contributed by atoms with Crippen molar-refractivity contribution in [3.63, 3.8) is 0 Å². The predicted octanol–water partition coefficient (Wildman–Crippen LogP) is 2.21. The van der Waals surface area contributed by atoms with Crippen molar-refractivity contribution in [3.05, 3.63) is 34.7 Å². The molecule has 9 heteroatoms. The number of benzene rings is 1. The quantitative estimate of drug-likeness (QED) is 0.547. The van der Waals surface area contributed by atoms with E-state index in [2.05, 4.69) is 0 Å². The Kier molecular flexibility index (Phi) is 6.16. The zero-order chi connectivity index (χ0) is 18.6. The fraction of sp³-hybridized carbons (Fsp3) is 0.250. The number of thioether (sulfide) groups is 1. The van der Waals surface area contributed by atoms with Crippen LogP contribution in [0.15, 0.2) is 29.2 Å². The Labute approximate surface area is 153 Å². The third-order valence-corrected chi connectivity index (χ3v) is 4.61. The predicted molar refractivity (Wildman–Crippen MR) is 96.3 cm³/mol. The summed E-state index contributed by atoms with van der Waals surface area (Å²) in [5.74, 6) is -2.66. The van der Waals surface area contributed by atoms with E-state index in [4.69, 9.17) is 22.1 Å². The van der Waals surface area contributed by atoms with Crippen LogP contribution in [0.3, 0.4) is 0 Å². The van der Waals surface area contributed by atoms with Crippen LogP contribution in [0.2, 0.25) is 0 Å². The molecule has 1 saturated heterocycles. The molecule has 25 heavy (non-hydrogen) atoms. The lowest BCUT2D eigenvalue weighted by Crippen LogP contribution is -2.45. The standard InChI is InChI=1S/C16H15NO6S2/c1-2-23-10-5-3-9(4-6-10)7-12-14(20)17(16(24)25-12)11(15(21)22)8-13(18)19/h3-7,11H,2,8H2,1H3,(H,18,19)(H,21,22)/b12-7+/t11-/m1/s1. The molecule has 1 aromatic carbocycles. The highest BCUT2D eigenvalue weighted by Gasteiger charge is 2.41. The van der Waals surface area contributed by atoms with Crippen molar-refractivity contribution in [2.45, 2.75) is 19.4 Å². The van der Waals surface area contributed by atoms with Gasteiger partial charge in [0.1, 0.15) is 16.1 Å². The van der Waals surface area contributed by atoms with Crippen molar-refractivity contribution in [1.29, 1.82) is 0 Å². The molecule has 1 aliphatic rings. The third kappa shape index (κ3) is 4.58. The molecule has 1 amide bonds. The molecule has 1 aromatic rings. The van der Waals surface area contributed by atoms with Crippen molar-refractivity contribution in [1.82, 2.24) is 4.90 Å². The zero-order valence-electron chi connectivity index (χ0n) is 13.2. The van der Waals surface area contributed by atoms with Crippen LogP contribution in [-0.2, 0) is 14.4 Å². The summed E-state index contributed by atoms with van der Waals surface area (Å²) in [5.41, 5.74) is 0.717. The molecule has 0 unspecified atom stereocenters. The molecular formula is C16H15NO6S2. The number of ether oxygens (including phenoxy) is 1. The average molecular weight is 381 g/mol. The summed E-state index contributed by atoms with van der Waals surface area (Å²) in [6.45, 7) is 2.41. The molecule has 2 N–H and O–H groups in total. The second-order valence-corrected chi connectivity index (χ2v) is 6.68. The molecule has 1 atom stereocenters. The molecule has 1 fully saturated rings. The van der Waals surface area contributed by atoms with Crippen LogP contribution in [-0.4, -0.2) is 49.9 Å². The van der Waals surface area contributed by atoms with Gasteiger partial charge in [-0.15, -0.1) is 0 Å². The molecule has 0 radical (unpaired) electrons. The third-order valence-electron chi connectivity index (χ3n) is 3.28. The maximum absolute atomic E-state index is 12.5. The second-order valence-electron chi connectivity index (χ2n) is 5.01. The molecule has 0 bridgehead atoms. The van der Waals surface area contributed by atoms with Crippen molar-refractivity contribution in [3.8, 4) is 5.75 Å². The fourth-order valence-electron chi connectivity index (χ4n) is 2.18. The number of nitrogens with zero attached hydrogens (tertiary/aromatic N) is 1. The van der Waals surface area contributed by atoms with Gasteiger partial charge in [-0.2, -0.15) is 0 Å². The van der Waals surface area contributed by atoms with Crippen LogP contribution in [0.25, 0.3) is 6.08 Å². The number of rotatable bonds is 7. The summed E-state index contributed by atoms with van der Waals surface area (Å²) in [5, 5.41) is 18.1. The SMILES string of the molecule is CCOc1ccc(/C=C2/SC(=S)N([C@H](CC(=O)O)C(=O)O)C2=O)cc1. The van der Waals surface area contributed by atoms with Gasteiger partial charge in [0.25, 0.3) is 5.91 Å². The van der Waals surface area contributed by atoms with Gasteiger partial charge in [-0.1, -0.05) is 36.1 Å². The van der Waals surface area contributed by atoms with E-state index in [0.29, 0.717) is 17.9 Å². The number of carbonyl (C=O) groups is 3. The van der Waals surface area contributed by atoms with E-state index in [1.807, 2.05) is 6.92 Å². The summed E-state index contributed by atoms with van der Waals surface area (Å²) in [6.07, 6.45) is 0.854. The molecule has 0 aliphatic carbocycles. The van der Waals surface area contributed by atoms with Gasteiger partial charge < -0.3 is 14.9 Å². The first kappa shape index (κ1) is 18.9. The fourth-order valence-corrected chi connectivity index (χ4v) is 3.54. The van der Waals surface area contributed by atoms with Crippen LogP contribution in [0.5, 0.6) is 5.75 Å². The minimum Gasteiger partial charge on any atom is -0.494 e. The van der Waals surface area contributed by atoms with Gasteiger partial charge in [0, 0.05) is 0 Å². The van der Waals surface area contributed by atoms with Gasteiger partial charge in [-0.05, 0) is 30.7 Å². The maximum atomic E-state index is 12.5. The highest BCUT2D eigenvalue weighted by Crippen LogP contribution is 2.34. The second kappa shape index (κ2) is 8.13. The minimum atomic E-state index is -1.53. The van der Waals surface area contributed by atoms with Gasteiger partial charge in [0.2, 0.25) is 0 Å². The summed E-state index contributed by atoms with van der Waals surface area (Å²) < 4.78 is 5.36. The molecule has 0 saturated carbocycles. The molecule has 7 nitrogen and oxygen atoms in total. The number of aliphatic carboxylic acids is 2. The van der Waals surface area contributed by atoms with Crippen molar-refractivity contribution >= 4 is 52.2 Å². The van der Waals surface area contributed by atoms with Gasteiger partial charge in [-0.25, -0.2) is 4.79 Å². The maximum Gasteiger partial charge on any atom is 0.327 e. The smallest absolute Gasteiger partial charge is 0.327 e. The van der Waals surface area contributed by atoms with Crippen LogP contribution < -0.4 is 4.74 Å². The Morgan fingerprint density at radius 3 is 2.48 bits per heavy atom. The average Bonchev–Trinajstić information content (AvgIpc) is 2.81. The summed E-state index contributed by atoms with van der Waals surface area (Å²) >= 11 is 6.01. The first-order chi connectivity index (χ1) is 11.8. The first-order valence-corrected chi connectivity index (χ1v) is 8.50. The van der Waals surface area contributed by atoms with E-state index in [-0.39, 0.29) is 9.23 Å². The molecule has 0 aromatic heterocycles. The first-order valence-electron chi connectivity index (χ1n) is 7.28. The number of amides is 1. The number of carboxylic acids is 2. The Balaban J connectivity index is 2.24. The van der Waals surface area contributed by atoms with E-state index in [1.54, 1.807) is 30.3 Å². The normalized spacial score (nSPS) is 17.0. The molecule has 1 aliphatic heterocycles. The van der Waals surface area contributed by atoms with Crippen LogP contribution >= 0.6 is 24.0 Å². The Hall–Kier alpha value is -2.39. The van der Waals surface area contributed by atoms with Crippen molar-refractivity contribution in [2.75, 3.05) is 6.61 Å². The Bertz CT molecular complexity index is 743. The van der Waals surface area contributed by atoms with Crippen LogP contribution in [0.4, 0.5) is 0 Å². The van der Waals surface area contributed by atoms with E-state index in [9.17, 15) is 19.5 Å². The molecule has 132 valence electrons. The van der Waals surface area contributed by atoms with Gasteiger partial charge in [-0.3, -0.25) is 14.5 Å². The minimum absolute atomic E-state index is 0.0239. The van der Waals surface area contributed by atoms with E-state index >= 15 is 0 Å². The highest BCUT2D eigenvalue weighted by atomic mass is 32.2. The lowest BCUT2D eigenvalue weighted by atomic mass is 10.1. The highest BCUT2D eigenvalue weighted by molar-refractivity contribution is 8.26. The van der Waals surface area contributed by atoms with Crippen LogP contribution in [0.1, 0.15) is 18.9 Å². The molecule has 2 rings (SSSR count). The lowest BCUT2D eigenvalue weighted by molar-refractivity contribution is -0.150. The number of hydrogen-bond donors (Lipinski definition) is 2. The Morgan fingerprint density at radius 2 is 1.96 bits per heavy atom. The number of carbonyl (C=O) groups excluding carboxylic acids is 1. The van der Waals surface area contributed by atoms with Crippen molar-refractivity contribution in [2.24, 2.45) is 0 Å². The lowest BCUT2D eigenvalue weighted by Gasteiger charge is -2.21. The van der Waals surface area contributed by atoms with Gasteiger partial charge in [0.05, 0.1) is 17.9 Å². The van der Waals surface area contributed by atoms with E-state index in [0.717, 1.165) is 16.7 Å². The molecule has 1 heterocycles. The number of hydrogen-bond acceptors (Lipinski definition) is 6. The number of carboxylic acid groups (broad SMARTS) is 2. The topological polar surface area (TPSA) is 104 Å². The molecular weight excluding hydrogens is 366 g/mol. The van der Waals surface area contributed by atoms with E-state index < -0.39 is 30.3 Å². The summed E-state index contributed by atoms with van der Waals surface area (Å²) in [4.78, 5) is 35.8. The van der Waals surface area contributed by atoms with Crippen LogP contribution in [0, 0.1) is 0 Å². The van der Waals surface area contributed by atoms with Crippen molar-refractivity contribution < 1.29 is 29.3 Å². The van der Waals surface area contributed by atoms with E-state index in [1.165, 1.54) is 0 Å². The molecule has 0 spiro atoms. The Morgan fingerprint density at radius 1 is 1.32 bits per heavy atom. The summed E-state index contributed by atoms with van der Waals surface area (Å²) in [7, 11) is 0. The van der Waals surface area contributed by atoms with Gasteiger partial charge in [0.15, 0.2) is 0 Å². The zero-order valence-corrected chi connectivity index (χ0v) is 14.8. The number of thiocarbonyl (C=S) groups is 1. The van der Waals surface area contributed by atoms with Gasteiger partial charge >= 0.3 is 11.9 Å². The monoisotopic (exact) mass is 381 g/mol. The largest absolute Gasteiger partial charge is 0.494 e.